The van der Waals surface area contributed by atoms with Crippen molar-refractivity contribution >= 4 is 41.3 Å². The lowest BCUT2D eigenvalue weighted by Gasteiger charge is -2.42. The van der Waals surface area contributed by atoms with E-state index in [-0.39, 0.29) is 18.6 Å². The second-order valence-corrected chi connectivity index (χ2v) is 6.45. The lowest BCUT2D eigenvalue weighted by Crippen LogP contribution is -2.62. The number of carbonyl (C=O) groups excluding carboxylic acids is 5. The molecule has 0 spiro atoms. The Hall–Kier alpha value is -2.24. The predicted octanol–water partition coefficient (Wildman–Crippen LogP) is -0.370. The number of Topliss-reactive ketones (excluding diaryl/α,β-unsaturated/α-hetero) is 1. The van der Waals surface area contributed by atoms with Crippen molar-refractivity contribution in [3.8, 4) is 0 Å². The summed E-state index contributed by atoms with van der Waals surface area (Å²) in [6.45, 7) is 2.93. The highest BCUT2D eigenvalue weighted by Gasteiger charge is 2.51. The Balaban J connectivity index is 3.03. The summed E-state index contributed by atoms with van der Waals surface area (Å²) in [7, 11) is 0. The van der Waals surface area contributed by atoms with E-state index >= 15 is 0 Å². The minimum atomic E-state index is -1.77. The van der Waals surface area contributed by atoms with E-state index in [0.717, 1.165) is 13.8 Å². The SMILES string of the molecule is CC(=O)CCC(=O)OC[C@H]1O[C@H](O)[C@H](OC(C)=O)[C@@H](OC(C)=O)[C@@H]1OC(=O)CCl. The second-order valence-electron chi connectivity index (χ2n) is 6.19. The summed E-state index contributed by atoms with van der Waals surface area (Å²) < 4.78 is 25.4. The van der Waals surface area contributed by atoms with Crippen molar-refractivity contribution in [2.24, 2.45) is 0 Å². The van der Waals surface area contributed by atoms with E-state index in [4.69, 9.17) is 35.3 Å². The number of carbonyl (C=O) groups is 5. The Morgan fingerprint density at radius 2 is 1.45 bits per heavy atom. The molecule has 0 unspecified atom stereocenters. The zero-order chi connectivity index (χ0) is 22.1. The summed E-state index contributed by atoms with van der Waals surface area (Å²) in [6, 6.07) is 0. The zero-order valence-corrected chi connectivity index (χ0v) is 16.9. The molecule has 0 saturated carbocycles. The average Bonchev–Trinajstić information content (AvgIpc) is 2.62. The van der Waals surface area contributed by atoms with Crippen molar-refractivity contribution in [1.82, 2.24) is 0 Å². The van der Waals surface area contributed by atoms with Crippen LogP contribution >= 0.6 is 11.6 Å². The molecule has 1 aliphatic heterocycles. The molecule has 1 N–H and O–H groups in total. The molecule has 0 amide bonds. The Morgan fingerprint density at radius 1 is 0.862 bits per heavy atom. The van der Waals surface area contributed by atoms with Gasteiger partial charge in [-0.15, -0.1) is 11.6 Å². The summed E-state index contributed by atoms with van der Waals surface area (Å²) in [5.74, 6) is -4.03. The average molecular weight is 439 g/mol. The van der Waals surface area contributed by atoms with Crippen molar-refractivity contribution in [2.45, 2.75) is 64.3 Å². The third-order valence-electron chi connectivity index (χ3n) is 3.68. The first-order valence-electron chi connectivity index (χ1n) is 8.63. The minimum absolute atomic E-state index is 0.0256. The van der Waals surface area contributed by atoms with Gasteiger partial charge in [0.1, 0.15) is 24.4 Å². The highest BCUT2D eigenvalue weighted by molar-refractivity contribution is 6.26. The van der Waals surface area contributed by atoms with Crippen LogP contribution in [0.15, 0.2) is 0 Å². The molecule has 0 aliphatic carbocycles. The molecule has 0 radical (unpaired) electrons. The van der Waals surface area contributed by atoms with Gasteiger partial charge in [-0.2, -0.15) is 0 Å². The van der Waals surface area contributed by atoms with Crippen LogP contribution in [0.3, 0.4) is 0 Å². The van der Waals surface area contributed by atoms with Crippen LogP contribution in [0.4, 0.5) is 0 Å². The van der Waals surface area contributed by atoms with E-state index in [1.165, 1.54) is 6.92 Å². The van der Waals surface area contributed by atoms with Crippen molar-refractivity contribution in [3.63, 3.8) is 0 Å². The number of halogens is 1. The number of hydrogen-bond donors (Lipinski definition) is 1. The predicted molar refractivity (Wildman–Crippen MR) is 93.5 cm³/mol. The first-order valence-corrected chi connectivity index (χ1v) is 9.17. The molecule has 5 atom stereocenters. The number of ketones is 1. The highest BCUT2D eigenvalue weighted by atomic mass is 35.5. The lowest BCUT2D eigenvalue weighted by atomic mass is 9.98. The van der Waals surface area contributed by atoms with Gasteiger partial charge in [0.2, 0.25) is 0 Å². The fourth-order valence-electron chi connectivity index (χ4n) is 2.52. The smallest absolute Gasteiger partial charge is 0.321 e. The highest BCUT2D eigenvalue weighted by Crippen LogP contribution is 2.28. The van der Waals surface area contributed by atoms with Crippen LogP contribution in [-0.4, -0.2) is 78.0 Å². The van der Waals surface area contributed by atoms with Crippen molar-refractivity contribution in [1.29, 1.82) is 0 Å². The third kappa shape index (κ3) is 8.34. The van der Waals surface area contributed by atoms with Crippen LogP contribution in [0, 0.1) is 0 Å². The standard InChI is InChI=1S/C17H23ClO11/c1-8(19)4-5-12(22)25-7-11-14(29-13(23)6-18)15(26-9(2)20)16(17(24)28-11)27-10(3)21/h11,14-17,24H,4-7H2,1-3H3/t11-,14-,15+,16-,17+/m1/s1. The van der Waals surface area contributed by atoms with Gasteiger partial charge in [-0.05, 0) is 6.92 Å². The zero-order valence-electron chi connectivity index (χ0n) is 16.1. The molecule has 1 heterocycles. The first kappa shape index (κ1) is 24.8. The number of alkyl halides is 1. The van der Waals surface area contributed by atoms with E-state index in [2.05, 4.69) is 0 Å². The van der Waals surface area contributed by atoms with Gasteiger partial charge in [-0.1, -0.05) is 0 Å². The van der Waals surface area contributed by atoms with Gasteiger partial charge in [-0.3, -0.25) is 19.2 Å². The molecule has 0 bridgehead atoms. The van der Waals surface area contributed by atoms with E-state index in [0.29, 0.717) is 0 Å². The van der Waals surface area contributed by atoms with Crippen LogP contribution in [0.1, 0.15) is 33.6 Å². The van der Waals surface area contributed by atoms with Gasteiger partial charge in [-0.25, -0.2) is 0 Å². The largest absolute Gasteiger partial charge is 0.463 e. The third-order valence-corrected chi connectivity index (χ3v) is 3.90. The fourth-order valence-corrected chi connectivity index (χ4v) is 2.59. The summed E-state index contributed by atoms with van der Waals surface area (Å²) in [6.07, 6.45) is -7.60. The summed E-state index contributed by atoms with van der Waals surface area (Å²) in [5, 5.41) is 10.2. The van der Waals surface area contributed by atoms with Gasteiger partial charge in [0.05, 0.1) is 6.42 Å². The maximum Gasteiger partial charge on any atom is 0.321 e. The van der Waals surface area contributed by atoms with E-state index in [1.807, 2.05) is 0 Å². The number of aliphatic hydroxyl groups is 1. The van der Waals surface area contributed by atoms with Crippen molar-refractivity contribution in [2.75, 3.05) is 12.5 Å². The monoisotopic (exact) mass is 438 g/mol. The topological polar surface area (TPSA) is 152 Å². The summed E-state index contributed by atoms with van der Waals surface area (Å²) in [5.41, 5.74) is 0. The molecule has 164 valence electrons. The number of rotatable bonds is 9. The molecule has 0 aromatic heterocycles. The number of hydrogen-bond acceptors (Lipinski definition) is 11. The van der Waals surface area contributed by atoms with Crippen LogP contribution in [-0.2, 0) is 47.7 Å². The van der Waals surface area contributed by atoms with Gasteiger partial charge in [0.25, 0.3) is 0 Å². The Labute approximate surface area is 171 Å². The van der Waals surface area contributed by atoms with E-state index in [1.54, 1.807) is 0 Å². The van der Waals surface area contributed by atoms with Gasteiger partial charge >= 0.3 is 23.9 Å². The quantitative estimate of drug-likeness (QED) is 0.285. The first-order chi connectivity index (χ1) is 13.5. The molecule has 0 aromatic carbocycles. The molecule has 11 nitrogen and oxygen atoms in total. The van der Waals surface area contributed by atoms with Gasteiger partial charge < -0.3 is 33.6 Å². The molecule has 1 saturated heterocycles. The molecule has 1 rings (SSSR count). The fraction of sp³-hybridized carbons (Fsp3) is 0.706. The van der Waals surface area contributed by atoms with Gasteiger partial charge in [0, 0.05) is 20.3 Å². The van der Waals surface area contributed by atoms with E-state index in [9.17, 15) is 29.1 Å². The number of esters is 4. The molecule has 1 aliphatic rings. The van der Waals surface area contributed by atoms with Gasteiger partial charge in [0.15, 0.2) is 24.6 Å². The van der Waals surface area contributed by atoms with Crippen LogP contribution < -0.4 is 0 Å². The van der Waals surface area contributed by atoms with Crippen molar-refractivity contribution in [3.05, 3.63) is 0 Å². The molecular formula is C17H23ClO11. The maximum absolute atomic E-state index is 11.7. The summed E-state index contributed by atoms with van der Waals surface area (Å²) in [4.78, 5) is 57.3. The maximum atomic E-state index is 11.7. The molecular weight excluding hydrogens is 416 g/mol. The number of aliphatic hydroxyl groups excluding tert-OH is 1. The molecule has 1 fully saturated rings. The molecule has 0 aromatic rings. The van der Waals surface area contributed by atoms with Crippen LogP contribution in [0.25, 0.3) is 0 Å². The Morgan fingerprint density at radius 3 is 1.97 bits per heavy atom. The van der Waals surface area contributed by atoms with E-state index < -0.39 is 67.1 Å². The number of ether oxygens (including phenoxy) is 5. The second kappa shape index (κ2) is 11.7. The minimum Gasteiger partial charge on any atom is -0.463 e. The molecule has 12 heteroatoms. The normalized spacial score (nSPS) is 26.2. The molecule has 29 heavy (non-hydrogen) atoms. The Kier molecular flexibility index (Phi) is 9.99. The lowest BCUT2D eigenvalue weighted by molar-refractivity contribution is -0.296. The Bertz CT molecular complexity index is 635. The van der Waals surface area contributed by atoms with Crippen LogP contribution in [0.5, 0.6) is 0 Å². The summed E-state index contributed by atoms with van der Waals surface area (Å²) >= 11 is 5.45. The van der Waals surface area contributed by atoms with Crippen molar-refractivity contribution < 1.29 is 52.8 Å². The van der Waals surface area contributed by atoms with Crippen LogP contribution in [0.2, 0.25) is 0 Å².